The van der Waals surface area contributed by atoms with E-state index in [0.29, 0.717) is 17.0 Å². The molecule has 2 heterocycles. The Labute approximate surface area is 206 Å². The minimum atomic E-state index is -0.777. The number of carbonyl (C=O) groups is 1. The molecule has 0 aliphatic rings. The Morgan fingerprint density at radius 2 is 1.91 bits per heavy atom. The van der Waals surface area contributed by atoms with Crippen molar-refractivity contribution in [2.75, 3.05) is 5.32 Å². The third-order valence-corrected chi connectivity index (χ3v) is 5.27. The number of rotatable bonds is 5. The van der Waals surface area contributed by atoms with Crippen molar-refractivity contribution in [3.05, 3.63) is 105 Å². The predicted octanol–water partition coefficient (Wildman–Crippen LogP) is 4.28. The van der Waals surface area contributed by atoms with Crippen LogP contribution in [0.5, 0.6) is 5.75 Å². The first-order valence-corrected chi connectivity index (χ1v) is 10.9. The van der Waals surface area contributed by atoms with E-state index >= 15 is 0 Å². The summed E-state index contributed by atoms with van der Waals surface area (Å²) < 4.78 is 5.81. The molecule has 0 aliphatic heterocycles. The normalized spacial score (nSPS) is 11.0. The second kappa shape index (κ2) is 11.6. The maximum atomic E-state index is 12.5. The molecule has 10 heteroatoms. The van der Waals surface area contributed by atoms with Crippen molar-refractivity contribution in [2.24, 2.45) is 7.05 Å². The standard InChI is InChI=1S/C19H16ClN5O4.C6H6/c1-10(5-11-3-4-13(20)6-12(11)7-21)17-24-15(16(26)19(28)25(17)2)18(27)23-14-8-22-29-9-14;1-2-4-6-5-3-1/h3-4,6,8-10,26H,5H2,1-2H3,(H,23,27);1-6H. The van der Waals surface area contributed by atoms with Crippen LogP contribution in [0.4, 0.5) is 5.69 Å². The molecule has 2 aromatic heterocycles. The van der Waals surface area contributed by atoms with Crippen LogP contribution in [-0.4, -0.2) is 25.7 Å². The van der Waals surface area contributed by atoms with Gasteiger partial charge in [0.15, 0.2) is 5.69 Å². The monoisotopic (exact) mass is 491 g/mol. The van der Waals surface area contributed by atoms with E-state index in [9.17, 15) is 20.0 Å². The molecule has 1 atom stereocenters. The lowest BCUT2D eigenvalue weighted by molar-refractivity contribution is 0.101. The van der Waals surface area contributed by atoms with Gasteiger partial charge in [0, 0.05) is 18.0 Å². The Balaban J connectivity index is 0.000000497. The van der Waals surface area contributed by atoms with Gasteiger partial charge in [-0.25, -0.2) is 4.98 Å². The Kier molecular flexibility index (Phi) is 8.38. The van der Waals surface area contributed by atoms with Gasteiger partial charge in [0.05, 0.1) is 17.8 Å². The molecule has 1 unspecified atom stereocenters. The van der Waals surface area contributed by atoms with E-state index < -0.39 is 22.9 Å². The van der Waals surface area contributed by atoms with Crippen LogP contribution in [0, 0.1) is 11.3 Å². The summed E-state index contributed by atoms with van der Waals surface area (Å²) in [5.41, 5.74) is 0.230. The second-order valence-corrected chi connectivity index (χ2v) is 8.01. The van der Waals surface area contributed by atoms with E-state index in [1.165, 1.54) is 24.1 Å². The lowest BCUT2D eigenvalue weighted by Crippen LogP contribution is -2.28. The highest BCUT2D eigenvalue weighted by molar-refractivity contribution is 6.30. The van der Waals surface area contributed by atoms with Crippen LogP contribution >= 0.6 is 11.6 Å². The molecule has 0 bridgehead atoms. The number of halogens is 1. The summed E-state index contributed by atoms with van der Waals surface area (Å²) in [5.74, 6) is -1.60. The molecule has 0 radical (unpaired) electrons. The summed E-state index contributed by atoms with van der Waals surface area (Å²) >= 11 is 5.93. The number of benzene rings is 2. The zero-order valence-electron chi connectivity index (χ0n) is 19.0. The van der Waals surface area contributed by atoms with E-state index in [1.54, 1.807) is 25.1 Å². The fraction of sp³-hybridized carbons (Fsp3) is 0.160. The number of hydrogen-bond donors (Lipinski definition) is 2. The van der Waals surface area contributed by atoms with Crippen LogP contribution in [-0.2, 0) is 13.5 Å². The maximum absolute atomic E-state index is 12.5. The fourth-order valence-electron chi connectivity index (χ4n) is 3.30. The number of anilines is 1. The SMILES string of the molecule is CC(Cc1ccc(Cl)cc1C#N)c1nc(C(=O)Nc2cnoc2)c(O)c(=O)n1C.c1ccccc1. The molecule has 4 rings (SSSR count). The van der Waals surface area contributed by atoms with Crippen LogP contribution < -0.4 is 10.9 Å². The van der Waals surface area contributed by atoms with Gasteiger partial charge in [-0.2, -0.15) is 5.26 Å². The van der Waals surface area contributed by atoms with Crippen LogP contribution in [0.15, 0.2) is 76.4 Å². The fourth-order valence-corrected chi connectivity index (χ4v) is 3.47. The minimum Gasteiger partial charge on any atom is -0.501 e. The lowest BCUT2D eigenvalue weighted by atomic mass is 9.96. The van der Waals surface area contributed by atoms with Gasteiger partial charge in [-0.05, 0) is 24.1 Å². The van der Waals surface area contributed by atoms with E-state index in [4.69, 9.17) is 11.6 Å². The smallest absolute Gasteiger partial charge is 0.296 e. The lowest BCUT2D eigenvalue weighted by Gasteiger charge is -2.17. The molecule has 0 aliphatic carbocycles. The number of nitrogens with zero attached hydrogens (tertiary/aromatic N) is 4. The van der Waals surface area contributed by atoms with E-state index in [2.05, 4.69) is 26.0 Å². The number of hydrogen-bond acceptors (Lipinski definition) is 7. The number of aromatic hydroxyl groups is 1. The molecule has 0 saturated heterocycles. The molecule has 1 amide bonds. The summed E-state index contributed by atoms with van der Waals surface area (Å²) in [6.07, 6.45) is 2.84. The molecular weight excluding hydrogens is 470 g/mol. The predicted molar refractivity (Wildman–Crippen MR) is 130 cm³/mol. The Bertz CT molecular complexity index is 1370. The van der Waals surface area contributed by atoms with E-state index in [1.807, 2.05) is 36.4 Å². The van der Waals surface area contributed by atoms with Crippen molar-refractivity contribution in [1.82, 2.24) is 14.7 Å². The summed E-state index contributed by atoms with van der Waals surface area (Å²) in [7, 11) is 1.45. The van der Waals surface area contributed by atoms with Crippen LogP contribution in [0.3, 0.4) is 0 Å². The number of amides is 1. The Hall–Kier alpha value is -4.42. The molecule has 35 heavy (non-hydrogen) atoms. The van der Waals surface area contributed by atoms with Crippen LogP contribution in [0.2, 0.25) is 5.02 Å². The topological polar surface area (TPSA) is 134 Å². The van der Waals surface area contributed by atoms with Crippen molar-refractivity contribution >= 4 is 23.2 Å². The Morgan fingerprint density at radius 3 is 2.49 bits per heavy atom. The maximum Gasteiger partial charge on any atom is 0.296 e. The van der Waals surface area contributed by atoms with Crippen molar-refractivity contribution in [3.8, 4) is 11.8 Å². The average molecular weight is 492 g/mol. The first-order valence-electron chi connectivity index (χ1n) is 10.5. The van der Waals surface area contributed by atoms with Crippen LogP contribution in [0.1, 0.15) is 40.3 Å². The largest absolute Gasteiger partial charge is 0.501 e. The number of nitriles is 1. The van der Waals surface area contributed by atoms with Crippen molar-refractivity contribution < 1.29 is 14.4 Å². The van der Waals surface area contributed by atoms with Gasteiger partial charge in [0.2, 0.25) is 5.75 Å². The third-order valence-electron chi connectivity index (χ3n) is 5.03. The van der Waals surface area contributed by atoms with E-state index in [-0.39, 0.29) is 17.4 Å². The number of aromatic nitrogens is 3. The van der Waals surface area contributed by atoms with Gasteiger partial charge in [-0.3, -0.25) is 14.2 Å². The van der Waals surface area contributed by atoms with Crippen molar-refractivity contribution in [3.63, 3.8) is 0 Å². The minimum absolute atomic E-state index is 0.256. The van der Waals surface area contributed by atoms with Crippen LogP contribution in [0.25, 0.3) is 0 Å². The Morgan fingerprint density at radius 1 is 1.26 bits per heavy atom. The molecule has 0 saturated carbocycles. The van der Waals surface area contributed by atoms with Gasteiger partial charge in [-0.15, -0.1) is 0 Å². The highest BCUT2D eigenvalue weighted by Crippen LogP contribution is 2.24. The molecular formula is C25H22ClN5O4. The first kappa shape index (κ1) is 25.2. The highest BCUT2D eigenvalue weighted by Gasteiger charge is 2.23. The molecule has 4 aromatic rings. The number of carbonyl (C=O) groups excluding carboxylic acids is 1. The van der Waals surface area contributed by atoms with Gasteiger partial charge < -0.3 is 14.9 Å². The van der Waals surface area contributed by atoms with Gasteiger partial charge in [0.1, 0.15) is 17.8 Å². The summed E-state index contributed by atoms with van der Waals surface area (Å²) in [6, 6.07) is 19.1. The molecule has 178 valence electrons. The quantitative estimate of drug-likeness (QED) is 0.425. The molecule has 2 N–H and O–H groups in total. The molecule has 9 nitrogen and oxygen atoms in total. The van der Waals surface area contributed by atoms with Crippen molar-refractivity contribution in [1.29, 1.82) is 5.26 Å². The third kappa shape index (κ3) is 6.34. The summed E-state index contributed by atoms with van der Waals surface area (Å²) in [5, 5.41) is 25.8. The number of nitrogens with one attached hydrogen (secondary N) is 1. The zero-order chi connectivity index (χ0) is 25.4. The summed E-state index contributed by atoms with van der Waals surface area (Å²) in [6.45, 7) is 1.80. The highest BCUT2D eigenvalue weighted by atomic mass is 35.5. The average Bonchev–Trinajstić information content (AvgIpc) is 3.38. The van der Waals surface area contributed by atoms with E-state index in [0.717, 1.165) is 5.56 Å². The zero-order valence-corrected chi connectivity index (χ0v) is 19.7. The van der Waals surface area contributed by atoms with Gasteiger partial charge in [0.25, 0.3) is 11.5 Å². The van der Waals surface area contributed by atoms with Gasteiger partial charge >= 0.3 is 0 Å². The molecule has 2 aromatic carbocycles. The molecule has 0 spiro atoms. The summed E-state index contributed by atoms with van der Waals surface area (Å²) in [4.78, 5) is 29.1. The second-order valence-electron chi connectivity index (χ2n) is 7.57. The van der Waals surface area contributed by atoms with Gasteiger partial charge in [-0.1, -0.05) is 66.1 Å². The van der Waals surface area contributed by atoms with Crippen molar-refractivity contribution in [2.45, 2.75) is 19.3 Å². The first-order chi connectivity index (χ1) is 16.8. The molecule has 0 fully saturated rings.